The standard InChI is InChI=1S/C27H36O9/c1-20(28)34-19-10-8-6-5-7-9-17-27(36-22(3)30)18-16-25(31)24(27)13-11-12-23(35-21(2)29)14-15-26(32)33-4/h7,9,11-13,16,18,23H,5-6,8,10,14-15,17,19H2,1-4H3/b9-7-,12-11-,24-13?/t23-,27+/m1/s1. The van der Waals surface area contributed by atoms with Crippen molar-refractivity contribution in [3.8, 4) is 0 Å². The molecule has 0 fully saturated rings. The Hall–Kier alpha value is -3.49. The molecule has 0 aromatic rings. The van der Waals surface area contributed by atoms with Crippen LogP contribution in [0.15, 0.2) is 48.1 Å². The van der Waals surface area contributed by atoms with E-state index in [1.165, 1.54) is 40.0 Å². The summed E-state index contributed by atoms with van der Waals surface area (Å²) in [4.78, 5) is 58.0. The quantitative estimate of drug-likeness (QED) is 0.108. The van der Waals surface area contributed by atoms with Crippen LogP contribution in [0.1, 0.15) is 65.7 Å². The van der Waals surface area contributed by atoms with Crippen LogP contribution in [0.4, 0.5) is 0 Å². The van der Waals surface area contributed by atoms with Gasteiger partial charge in [0.1, 0.15) is 6.10 Å². The Bertz CT molecular complexity index is 910. The lowest BCUT2D eigenvalue weighted by molar-refractivity contribution is -0.149. The Morgan fingerprint density at radius 3 is 2.39 bits per heavy atom. The fraction of sp³-hybridized carbons (Fsp3) is 0.519. The topological polar surface area (TPSA) is 122 Å². The van der Waals surface area contributed by atoms with Crippen molar-refractivity contribution in [3.05, 3.63) is 48.1 Å². The Labute approximate surface area is 212 Å². The van der Waals surface area contributed by atoms with Gasteiger partial charge < -0.3 is 18.9 Å². The van der Waals surface area contributed by atoms with Gasteiger partial charge in [0.25, 0.3) is 0 Å². The third-order valence-corrected chi connectivity index (χ3v) is 5.23. The molecule has 36 heavy (non-hydrogen) atoms. The van der Waals surface area contributed by atoms with Crippen LogP contribution >= 0.6 is 0 Å². The fourth-order valence-corrected chi connectivity index (χ4v) is 3.57. The second-order valence-electron chi connectivity index (χ2n) is 8.27. The molecule has 0 aromatic carbocycles. The third kappa shape index (κ3) is 11.8. The van der Waals surface area contributed by atoms with E-state index in [-0.39, 0.29) is 36.6 Å². The minimum absolute atomic E-state index is 0.0573. The van der Waals surface area contributed by atoms with Gasteiger partial charge in [0.2, 0.25) is 0 Å². The highest BCUT2D eigenvalue weighted by atomic mass is 16.6. The van der Waals surface area contributed by atoms with Gasteiger partial charge >= 0.3 is 23.9 Å². The average molecular weight is 505 g/mol. The van der Waals surface area contributed by atoms with Crippen molar-refractivity contribution in [1.82, 2.24) is 0 Å². The van der Waals surface area contributed by atoms with E-state index in [1.807, 2.05) is 12.2 Å². The van der Waals surface area contributed by atoms with Crippen molar-refractivity contribution < 1.29 is 42.9 Å². The molecule has 0 radical (unpaired) electrons. The lowest BCUT2D eigenvalue weighted by Crippen LogP contribution is -2.33. The van der Waals surface area contributed by atoms with Crippen LogP contribution in [0, 0.1) is 0 Å². The van der Waals surface area contributed by atoms with Crippen LogP contribution in [0.25, 0.3) is 0 Å². The van der Waals surface area contributed by atoms with Crippen LogP contribution in [-0.2, 0) is 42.9 Å². The monoisotopic (exact) mass is 504 g/mol. The van der Waals surface area contributed by atoms with Gasteiger partial charge in [0, 0.05) is 39.2 Å². The molecule has 0 spiro atoms. The summed E-state index contributed by atoms with van der Waals surface area (Å²) in [6, 6.07) is 0. The molecule has 198 valence electrons. The number of carbonyl (C=O) groups excluding carboxylic acids is 5. The molecular weight excluding hydrogens is 468 g/mol. The smallest absolute Gasteiger partial charge is 0.305 e. The van der Waals surface area contributed by atoms with Gasteiger partial charge in [-0.1, -0.05) is 24.3 Å². The second kappa shape index (κ2) is 16.2. The first-order chi connectivity index (χ1) is 17.1. The molecule has 0 heterocycles. The summed E-state index contributed by atoms with van der Waals surface area (Å²) in [5, 5.41) is 0. The van der Waals surface area contributed by atoms with Crippen LogP contribution in [0.2, 0.25) is 0 Å². The normalized spacial score (nSPS) is 19.1. The molecule has 1 rings (SSSR count). The van der Waals surface area contributed by atoms with Crippen molar-refractivity contribution in [2.45, 2.75) is 77.4 Å². The summed E-state index contributed by atoms with van der Waals surface area (Å²) in [6.07, 6.45) is 14.7. The number of hydrogen-bond acceptors (Lipinski definition) is 9. The number of esters is 4. The van der Waals surface area contributed by atoms with Crippen molar-refractivity contribution in [3.63, 3.8) is 0 Å². The van der Waals surface area contributed by atoms with Gasteiger partial charge in [0.15, 0.2) is 11.4 Å². The molecule has 1 aliphatic carbocycles. The largest absolute Gasteiger partial charge is 0.469 e. The van der Waals surface area contributed by atoms with Crippen LogP contribution < -0.4 is 0 Å². The van der Waals surface area contributed by atoms with Gasteiger partial charge in [-0.25, -0.2) is 0 Å². The second-order valence-corrected chi connectivity index (χ2v) is 8.27. The van der Waals surface area contributed by atoms with Crippen molar-refractivity contribution in [1.29, 1.82) is 0 Å². The zero-order valence-electron chi connectivity index (χ0n) is 21.4. The van der Waals surface area contributed by atoms with Crippen LogP contribution in [0.5, 0.6) is 0 Å². The van der Waals surface area contributed by atoms with Gasteiger partial charge in [0.05, 0.1) is 13.7 Å². The van der Waals surface area contributed by atoms with E-state index in [0.717, 1.165) is 25.7 Å². The summed E-state index contributed by atoms with van der Waals surface area (Å²) in [5.74, 6) is -2.05. The molecule has 1 aliphatic rings. The minimum Gasteiger partial charge on any atom is -0.469 e. The molecule has 9 heteroatoms. The lowest BCUT2D eigenvalue weighted by Gasteiger charge is -2.27. The fourth-order valence-electron chi connectivity index (χ4n) is 3.57. The molecule has 0 aliphatic heterocycles. The van der Waals surface area contributed by atoms with Crippen molar-refractivity contribution >= 4 is 29.7 Å². The zero-order valence-corrected chi connectivity index (χ0v) is 21.4. The van der Waals surface area contributed by atoms with Gasteiger partial charge in [-0.3, -0.25) is 24.0 Å². The first-order valence-corrected chi connectivity index (χ1v) is 11.9. The van der Waals surface area contributed by atoms with Gasteiger partial charge in [-0.05, 0) is 50.3 Å². The predicted molar refractivity (Wildman–Crippen MR) is 132 cm³/mol. The first kappa shape index (κ1) is 30.5. The molecule has 0 saturated heterocycles. The lowest BCUT2D eigenvalue weighted by atomic mass is 9.91. The molecule has 9 nitrogen and oxygen atoms in total. The summed E-state index contributed by atoms with van der Waals surface area (Å²) < 4.78 is 20.3. The summed E-state index contributed by atoms with van der Waals surface area (Å²) >= 11 is 0. The average Bonchev–Trinajstić information content (AvgIpc) is 3.10. The minimum atomic E-state index is -1.23. The molecule has 0 unspecified atom stereocenters. The number of carbonyl (C=O) groups is 5. The first-order valence-electron chi connectivity index (χ1n) is 11.9. The van der Waals surface area contributed by atoms with Gasteiger partial charge in [-0.15, -0.1) is 0 Å². The Morgan fingerprint density at radius 1 is 1.00 bits per heavy atom. The summed E-state index contributed by atoms with van der Waals surface area (Å²) in [6.45, 7) is 4.33. The number of ether oxygens (including phenoxy) is 4. The zero-order chi connectivity index (χ0) is 27.0. The van der Waals surface area contributed by atoms with Crippen molar-refractivity contribution in [2.24, 2.45) is 0 Å². The number of allylic oxidation sites excluding steroid dienone is 4. The number of rotatable bonds is 15. The van der Waals surface area contributed by atoms with Crippen LogP contribution in [0.3, 0.4) is 0 Å². The highest BCUT2D eigenvalue weighted by molar-refractivity contribution is 6.09. The van der Waals surface area contributed by atoms with Gasteiger partial charge in [-0.2, -0.15) is 0 Å². The maximum absolute atomic E-state index is 12.6. The highest BCUT2D eigenvalue weighted by Gasteiger charge is 2.41. The van der Waals surface area contributed by atoms with E-state index < -0.39 is 29.6 Å². The maximum atomic E-state index is 12.6. The molecule has 0 amide bonds. The number of hydrogen-bond donors (Lipinski definition) is 0. The maximum Gasteiger partial charge on any atom is 0.305 e. The third-order valence-electron chi connectivity index (χ3n) is 5.23. The van der Waals surface area contributed by atoms with E-state index >= 15 is 0 Å². The molecule has 2 atom stereocenters. The highest BCUT2D eigenvalue weighted by Crippen LogP contribution is 2.34. The number of methoxy groups -OCH3 is 1. The number of unbranched alkanes of at least 4 members (excludes halogenated alkanes) is 3. The van der Waals surface area contributed by atoms with E-state index in [0.29, 0.717) is 6.61 Å². The SMILES string of the molecule is COC(=O)CC[C@@H](/C=C\C=C1C(=O)C=C[C@]1(C/C=C\CCCCCOC(C)=O)OC(C)=O)OC(C)=O. The van der Waals surface area contributed by atoms with Crippen molar-refractivity contribution in [2.75, 3.05) is 13.7 Å². The molecule has 0 saturated carbocycles. The Kier molecular flexibility index (Phi) is 13.8. The van der Waals surface area contributed by atoms with E-state index in [1.54, 1.807) is 18.2 Å². The Morgan fingerprint density at radius 2 is 1.75 bits per heavy atom. The molecular formula is C27H36O9. The van der Waals surface area contributed by atoms with E-state index in [4.69, 9.17) is 14.2 Å². The summed E-state index contributed by atoms with van der Waals surface area (Å²) in [7, 11) is 1.27. The summed E-state index contributed by atoms with van der Waals surface area (Å²) in [5.41, 5.74) is -0.961. The Balaban J connectivity index is 2.87. The molecule has 0 aromatic heterocycles. The van der Waals surface area contributed by atoms with E-state index in [2.05, 4.69) is 4.74 Å². The van der Waals surface area contributed by atoms with E-state index in [9.17, 15) is 24.0 Å². The molecule has 0 bridgehead atoms. The van der Waals surface area contributed by atoms with Crippen LogP contribution in [-0.4, -0.2) is 55.1 Å². The molecule has 0 N–H and O–H groups in total. The predicted octanol–water partition coefficient (Wildman–Crippen LogP) is 3.86. The number of ketones is 1.